The minimum absolute atomic E-state index is 0.346. The predicted octanol–water partition coefficient (Wildman–Crippen LogP) is 7.32. The number of unbranched alkanes of at least 4 members (excludes halogenated alkanes) is 3. The van der Waals surface area contributed by atoms with Crippen LogP contribution < -0.4 is 15.0 Å². The van der Waals surface area contributed by atoms with Gasteiger partial charge in [-0.25, -0.2) is 0 Å². The van der Waals surface area contributed by atoms with Crippen LogP contribution in [0.5, 0.6) is 5.75 Å². The van der Waals surface area contributed by atoms with Crippen molar-refractivity contribution >= 4 is 11.4 Å². The third-order valence-electron chi connectivity index (χ3n) is 6.98. The van der Waals surface area contributed by atoms with E-state index in [0.717, 1.165) is 38.3 Å². The molecule has 4 rings (SSSR count). The van der Waals surface area contributed by atoms with Gasteiger partial charge in [-0.3, -0.25) is 0 Å². The number of nitrogens with one attached hydrogen (secondary N) is 1. The summed E-state index contributed by atoms with van der Waals surface area (Å²) in [5.41, 5.74) is 5.34. The van der Waals surface area contributed by atoms with Gasteiger partial charge in [0.15, 0.2) is 0 Å². The van der Waals surface area contributed by atoms with Crippen molar-refractivity contribution in [3.05, 3.63) is 65.7 Å². The fourth-order valence-electron chi connectivity index (χ4n) is 5.19. The maximum absolute atomic E-state index is 6.08. The molecule has 0 aromatic heterocycles. The highest BCUT2D eigenvalue weighted by molar-refractivity contribution is 5.62. The molecule has 2 aromatic rings. The summed E-state index contributed by atoms with van der Waals surface area (Å²) in [6.45, 7) is 9.59. The fraction of sp³-hybridized carbons (Fsp3) is 0.500. The van der Waals surface area contributed by atoms with Crippen LogP contribution in [0.1, 0.15) is 76.0 Å². The largest absolute Gasteiger partial charge is 0.494 e. The Hall–Kier alpha value is -2.42. The van der Waals surface area contributed by atoms with Crippen molar-refractivity contribution in [3.63, 3.8) is 0 Å². The number of ether oxygens (including phenoxy) is 1. The number of rotatable bonds is 10. The van der Waals surface area contributed by atoms with Crippen molar-refractivity contribution in [3.8, 4) is 5.75 Å². The molecule has 0 bridgehead atoms. The number of allylic oxidation sites excluding steroid dienone is 2. The molecule has 166 valence electrons. The summed E-state index contributed by atoms with van der Waals surface area (Å²) in [4.78, 5) is 2.40. The van der Waals surface area contributed by atoms with E-state index in [9.17, 15) is 0 Å². The average Bonchev–Trinajstić information content (AvgIpc) is 3.30. The molecule has 3 atom stereocenters. The van der Waals surface area contributed by atoms with Crippen molar-refractivity contribution in [2.75, 3.05) is 29.9 Å². The first kappa shape index (κ1) is 21.8. The van der Waals surface area contributed by atoms with E-state index < -0.39 is 0 Å². The zero-order chi connectivity index (χ0) is 21.6. The van der Waals surface area contributed by atoms with Gasteiger partial charge in [0.25, 0.3) is 0 Å². The van der Waals surface area contributed by atoms with Crippen LogP contribution in [0.3, 0.4) is 0 Å². The lowest BCUT2D eigenvalue weighted by Crippen LogP contribution is -2.29. The molecular formula is C28H38N2O. The lowest BCUT2D eigenvalue weighted by Gasteiger charge is -2.38. The Labute approximate surface area is 188 Å². The second-order valence-electron chi connectivity index (χ2n) is 8.90. The molecule has 1 N–H and O–H groups in total. The molecule has 0 fully saturated rings. The third kappa shape index (κ3) is 4.76. The SMILES string of the molecule is CCCCCCOc1ccc2c(c1)C1C=CCC1C(c1ccc(N(CC)CC)cc1)N2. The second-order valence-corrected chi connectivity index (χ2v) is 8.90. The highest BCUT2D eigenvalue weighted by atomic mass is 16.5. The highest BCUT2D eigenvalue weighted by Crippen LogP contribution is 2.50. The Morgan fingerprint density at radius 3 is 2.52 bits per heavy atom. The standard InChI is InChI=1S/C28H38N2O/c1-4-7-8-9-19-31-23-17-18-27-26(20-23)24-11-10-12-25(24)28(29-27)21-13-15-22(16-14-21)30(5-2)6-3/h10-11,13-18,20,24-25,28-29H,4-9,12,19H2,1-3H3. The smallest absolute Gasteiger partial charge is 0.119 e. The number of hydrogen-bond donors (Lipinski definition) is 1. The summed E-state index contributed by atoms with van der Waals surface area (Å²) < 4.78 is 6.08. The Bertz CT molecular complexity index is 869. The third-order valence-corrected chi connectivity index (χ3v) is 6.98. The van der Waals surface area contributed by atoms with E-state index in [1.165, 1.54) is 41.8 Å². The molecule has 2 aromatic carbocycles. The van der Waals surface area contributed by atoms with Gasteiger partial charge >= 0.3 is 0 Å². The summed E-state index contributed by atoms with van der Waals surface area (Å²) in [5.74, 6) is 2.04. The summed E-state index contributed by atoms with van der Waals surface area (Å²) in [6.07, 6.45) is 10.9. The molecule has 3 nitrogen and oxygen atoms in total. The summed E-state index contributed by atoms with van der Waals surface area (Å²) in [7, 11) is 0. The van der Waals surface area contributed by atoms with Gasteiger partial charge in [0.1, 0.15) is 5.75 Å². The molecule has 1 aliphatic carbocycles. The van der Waals surface area contributed by atoms with E-state index in [0.29, 0.717) is 17.9 Å². The maximum atomic E-state index is 6.08. The molecule has 31 heavy (non-hydrogen) atoms. The van der Waals surface area contributed by atoms with Crippen LogP contribution in [-0.4, -0.2) is 19.7 Å². The zero-order valence-corrected chi connectivity index (χ0v) is 19.4. The Morgan fingerprint density at radius 1 is 0.968 bits per heavy atom. The van der Waals surface area contributed by atoms with Crippen molar-refractivity contribution < 1.29 is 4.74 Å². The molecule has 0 spiro atoms. The molecule has 0 radical (unpaired) electrons. The van der Waals surface area contributed by atoms with Gasteiger partial charge in [-0.2, -0.15) is 0 Å². The monoisotopic (exact) mass is 418 g/mol. The molecule has 3 heteroatoms. The average molecular weight is 419 g/mol. The number of anilines is 2. The van der Waals surface area contributed by atoms with Gasteiger partial charge in [-0.05, 0) is 74.1 Å². The normalized spacial score (nSPS) is 21.3. The van der Waals surface area contributed by atoms with Crippen LogP contribution in [-0.2, 0) is 0 Å². The molecule has 0 saturated carbocycles. The summed E-state index contributed by atoms with van der Waals surface area (Å²) >= 11 is 0. The molecular weight excluding hydrogens is 380 g/mol. The number of fused-ring (bicyclic) bond motifs is 3. The Kier molecular flexibility index (Phi) is 7.21. The molecule has 0 amide bonds. The van der Waals surface area contributed by atoms with Crippen LogP contribution in [0.15, 0.2) is 54.6 Å². The minimum Gasteiger partial charge on any atom is -0.494 e. The van der Waals surface area contributed by atoms with Crippen LogP contribution in [0.25, 0.3) is 0 Å². The van der Waals surface area contributed by atoms with Crippen LogP contribution in [0.4, 0.5) is 11.4 Å². The predicted molar refractivity (Wildman–Crippen MR) is 132 cm³/mol. The van der Waals surface area contributed by atoms with E-state index in [-0.39, 0.29) is 0 Å². The molecule has 1 heterocycles. The number of benzene rings is 2. The molecule has 1 aliphatic heterocycles. The van der Waals surface area contributed by atoms with Gasteiger partial charge < -0.3 is 15.0 Å². The van der Waals surface area contributed by atoms with Crippen molar-refractivity contribution in [2.24, 2.45) is 5.92 Å². The molecule has 0 saturated heterocycles. The first-order valence-electron chi connectivity index (χ1n) is 12.3. The minimum atomic E-state index is 0.346. The van der Waals surface area contributed by atoms with E-state index >= 15 is 0 Å². The van der Waals surface area contributed by atoms with Crippen LogP contribution >= 0.6 is 0 Å². The first-order valence-corrected chi connectivity index (χ1v) is 12.3. The van der Waals surface area contributed by atoms with Crippen LogP contribution in [0, 0.1) is 5.92 Å². The Morgan fingerprint density at radius 2 is 1.77 bits per heavy atom. The lowest BCUT2D eigenvalue weighted by atomic mass is 9.77. The van der Waals surface area contributed by atoms with Gasteiger partial charge in [-0.15, -0.1) is 0 Å². The highest BCUT2D eigenvalue weighted by Gasteiger charge is 2.38. The van der Waals surface area contributed by atoms with Gasteiger partial charge in [0.05, 0.1) is 12.6 Å². The zero-order valence-electron chi connectivity index (χ0n) is 19.4. The number of nitrogens with zero attached hydrogens (tertiary/aromatic N) is 1. The van der Waals surface area contributed by atoms with Crippen molar-refractivity contribution in [1.82, 2.24) is 0 Å². The van der Waals surface area contributed by atoms with Gasteiger partial charge in [0, 0.05) is 30.4 Å². The molecule has 3 unspecified atom stereocenters. The number of hydrogen-bond acceptors (Lipinski definition) is 3. The molecule has 2 aliphatic rings. The maximum Gasteiger partial charge on any atom is 0.119 e. The topological polar surface area (TPSA) is 24.5 Å². The summed E-state index contributed by atoms with van der Waals surface area (Å²) in [5, 5.41) is 3.86. The van der Waals surface area contributed by atoms with Gasteiger partial charge in [0.2, 0.25) is 0 Å². The van der Waals surface area contributed by atoms with E-state index in [2.05, 4.69) is 85.6 Å². The quantitative estimate of drug-likeness (QED) is 0.323. The first-order chi connectivity index (χ1) is 15.2. The fourth-order valence-corrected chi connectivity index (χ4v) is 5.19. The lowest BCUT2D eigenvalue weighted by molar-refractivity contribution is 0.304. The van der Waals surface area contributed by atoms with Crippen LogP contribution in [0.2, 0.25) is 0 Å². The van der Waals surface area contributed by atoms with E-state index in [1.54, 1.807) is 0 Å². The Balaban J connectivity index is 1.50. The van der Waals surface area contributed by atoms with E-state index in [1.807, 2.05) is 0 Å². The summed E-state index contributed by atoms with van der Waals surface area (Å²) in [6, 6.07) is 16.2. The van der Waals surface area contributed by atoms with E-state index in [4.69, 9.17) is 4.74 Å². The van der Waals surface area contributed by atoms with Crippen molar-refractivity contribution in [2.45, 2.75) is 64.8 Å². The second kappa shape index (κ2) is 10.3. The van der Waals surface area contributed by atoms with Crippen molar-refractivity contribution in [1.29, 1.82) is 0 Å². The van der Waals surface area contributed by atoms with Gasteiger partial charge in [-0.1, -0.05) is 50.5 Å².